The second-order valence-electron chi connectivity index (χ2n) is 6.23. The summed E-state index contributed by atoms with van der Waals surface area (Å²) < 4.78 is 0. The van der Waals surface area contributed by atoms with Crippen LogP contribution in [0.1, 0.15) is 59.3 Å². The van der Waals surface area contributed by atoms with Gasteiger partial charge in [-0.25, -0.2) is 0 Å². The Hall–Kier alpha value is -0.0800. The minimum absolute atomic E-state index is 0.670. The Morgan fingerprint density at radius 2 is 1.94 bits per heavy atom. The molecular formula is C15H30N2. The van der Waals surface area contributed by atoms with Gasteiger partial charge in [0, 0.05) is 31.2 Å². The Morgan fingerprint density at radius 1 is 1.24 bits per heavy atom. The Bertz CT molecular complexity index is 223. The zero-order chi connectivity index (χ0) is 12.3. The summed E-state index contributed by atoms with van der Waals surface area (Å²) in [6.45, 7) is 9.53. The summed E-state index contributed by atoms with van der Waals surface area (Å²) in [6.07, 6.45) is 8.61. The van der Waals surface area contributed by atoms with E-state index in [0.29, 0.717) is 6.04 Å². The first-order chi connectivity index (χ1) is 8.22. The van der Waals surface area contributed by atoms with Gasteiger partial charge in [-0.05, 0) is 39.0 Å². The summed E-state index contributed by atoms with van der Waals surface area (Å²) in [5.41, 5.74) is 0. The smallest absolute Gasteiger partial charge is 0.0252 e. The summed E-state index contributed by atoms with van der Waals surface area (Å²) in [7, 11) is 0. The van der Waals surface area contributed by atoms with Crippen LogP contribution in [0.5, 0.6) is 0 Å². The molecule has 17 heavy (non-hydrogen) atoms. The average Bonchev–Trinajstić information content (AvgIpc) is 2.38. The zero-order valence-corrected chi connectivity index (χ0v) is 11.9. The Balaban J connectivity index is 2.01. The van der Waals surface area contributed by atoms with E-state index < -0.39 is 0 Å². The molecule has 3 atom stereocenters. The number of nitrogens with zero attached hydrogens (tertiary/aromatic N) is 1. The fourth-order valence-corrected chi connectivity index (χ4v) is 3.65. The summed E-state index contributed by atoms with van der Waals surface area (Å²) in [4.78, 5) is 2.80. The predicted octanol–water partition coefficient (Wildman–Crippen LogP) is 3.03. The van der Waals surface area contributed by atoms with Crippen molar-refractivity contribution < 1.29 is 0 Å². The molecule has 3 unspecified atom stereocenters. The standard InChI is InChI=1S/C15H30N2/c1-4-13(3)17-11-12(2)16-10-15(17)14-8-6-5-7-9-14/h12-16H,4-11H2,1-3H3. The first-order valence-corrected chi connectivity index (χ1v) is 7.71. The van der Waals surface area contributed by atoms with Crippen LogP contribution in [0.2, 0.25) is 0 Å². The van der Waals surface area contributed by atoms with Crippen molar-refractivity contribution in [1.29, 1.82) is 0 Å². The largest absolute Gasteiger partial charge is 0.311 e. The van der Waals surface area contributed by atoms with E-state index >= 15 is 0 Å². The number of rotatable bonds is 3. The highest BCUT2D eigenvalue weighted by molar-refractivity contribution is 4.91. The molecule has 1 saturated heterocycles. The van der Waals surface area contributed by atoms with E-state index in [-0.39, 0.29) is 0 Å². The second-order valence-corrected chi connectivity index (χ2v) is 6.23. The maximum absolute atomic E-state index is 3.70. The number of piperazine rings is 1. The molecule has 2 heteroatoms. The molecule has 0 aromatic heterocycles. The average molecular weight is 238 g/mol. The fourth-order valence-electron chi connectivity index (χ4n) is 3.65. The van der Waals surface area contributed by atoms with Crippen LogP contribution < -0.4 is 5.32 Å². The minimum atomic E-state index is 0.670. The lowest BCUT2D eigenvalue weighted by Gasteiger charge is -2.47. The quantitative estimate of drug-likeness (QED) is 0.813. The maximum Gasteiger partial charge on any atom is 0.0252 e. The molecule has 0 amide bonds. The van der Waals surface area contributed by atoms with Gasteiger partial charge in [-0.2, -0.15) is 0 Å². The SMILES string of the molecule is CCC(C)N1CC(C)NCC1C1CCCCC1. The Morgan fingerprint density at radius 3 is 2.59 bits per heavy atom. The van der Waals surface area contributed by atoms with E-state index in [1.54, 1.807) is 0 Å². The molecule has 1 N–H and O–H groups in total. The third-order valence-corrected chi connectivity index (χ3v) is 4.94. The van der Waals surface area contributed by atoms with E-state index in [2.05, 4.69) is 31.0 Å². The van der Waals surface area contributed by atoms with E-state index in [1.807, 2.05) is 0 Å². The van der Waals surface area contributed by atoms with Crippen LogP contribution in [-0.2, 0) is 0 Å². The summed E-state index contributed by atoms with van der Waals surface area (Å²) >= 11 is 0. The van der Waals surface area contributed by atoms with E-state index in [0.717, 1.165) is 18.0 Å². The van der Waals surface area contributed by atoms with Crippen LogP contribution in [0.3, 0.4) is 0 Å². The van der Waals surface area contributed by atoms with Crippen LogP contribution in [0.25, 0.3) is 0 Å². The highest BCUT2D eigenvalue weighted by Crippen LogP contribution is 2.31. The van der Waals surface area contributed by atoms with E-state index in [1.165, 1.54) is 51.6 Å². The van der Waals surface area contributed by atoms with Crippen LogP contribution in [-0.4, -0.2) is 36.1 Å². The fraction of sp³-hybridized carbons (Fsp3) is 1.00. The van der Waals surface area contributed by atoms with Gasteiger partial charge in [0.25, 0.3) is 0 Å². The molecule has 1 aliphatic heterocycles. The molecule has 2 aliphatic rings. The lowest BCUT2D eigenvalue weighted by molar-refractivity contribution is 0.0429. The first kappa shape index (κ1) is 13.4. The van der Waals surface area contributed by atoms with E-state index in [4.69, 9.17) is 0 Å². The van der Waals surface area contributed by atoms with E-state index in [9.17, 15) is 0 Å². The molecule has 0 radical (unpaired) electrons. The van der Waals surface area contributed by atoms with Crippen molar-refractivity contribution in [3.63, 3.8) is 0 Å². The van der Waals surface area contributed by atoms with Gasteiger partial charge in [0.05, 0.1) is 0 Å². The third kappa shape index (κ3) is 3.23. The third-order valence-electron chi connectivity index (χ3n) is 4.94. The molecular weight excluding hydrogens is 208 g/mol. The van der Waals surface area contributed by atoms with Gasteiger partial charge in [0.2, 0.25) is 0 Å². The molecule has 0 spiro atoms. The van der Waals surface area contributed by atoms with Crippen LogP contribution in [0.4, 0.5) is 0 Å². The van der Waals surface area contributed by atoms with Crippen molar-refractivity contribution in [3.8, 4) is 0 Å². The highest BCUT2D eigenvalue weighted by atomic mass is 15.3. The highest BCUT2D eigenvalue weighted by Gasteiger charge is 2.34. The normalized spacial score (nSPS) is 34.8. The topological polar surface area (TPSA) is 15.3 Å². The molecule has 1 aliphatic carbocycles. The number of nitrogens with one attached hydrogen (secondary N) is 1. The molecule has 1 saturated carbocycles. The summed E-state index contributed by atoms with van der Waals surface area (Å²) in [5, 5.41) is 3.70. The predicted molar refractivity (Wildman–Crippen MR) is 74.3 cm³/mol. The number of hydrogen-bond donors (Lipinski definition) is 1. The minimum Gasteiger partial charge on any atom is -0.311 e. The molecule has 100 valence electrons. The van der Waals surface area contributed by atoms with Crippen molar-refractivity contribution in [2.24, 2.45) is 5.92 Å². The van der Waals surface area contributed by atoms with Crippen LogP contribution >= 0.6 is 0 Å². The number of hydrogen-bond acceptors (Lipinski definition) is 2. The summed E-state index contributed by atoms with van der Waals surface area (Å²) in [6, 6.07) is 2.23. The van der Waals surface area contributed by atoms with Crippen molar-refractivity contribution in [2.75, 3.05) is 13.1 Å². The Kier molecular flexibility index (Phi) is 4.87. The molecule has 0 aromatic rings. The lowest BCUT2D eigenvalue weighted by atomic mass is 9.81. The summed E-state index contributed by atoms with van der Waals surface area (Å²) in [5.74, 6) is 0.956. The molecule has 2 nitrogen and oxygen atoms in total. The molecule has 0 bridgehead atoms. The zero-order valence-electron chi connectivity index (χ0n) is 11.9. The molecule has 1 heterocycles. The second kappa shape index (κ2) is 6.19. The van der Waals surface area contributed by atoms with Gasteiger partial charge in [0.1, 0.15) is 0 Å². The van der Waals surface area contributed by atoms with Crippen molar-refractivity contribution in [3.05, 3.63) is 0 Å². The first-order valence-electron chi connectivity index (χ1n) is 7.71. The van der Waals surface area contributed by atoms with Gasteiger partial charge in [0.15, 0.2) is 0 Å². The molecule has 2 rings (SSSR count). The van der Waals surface area contributed by atoms with Gasteiger partial charge >= 0.3 is 0 Å². The Labute approximate surface area is 107 Å². The van der Waals surface area contributed by atoms with Gasteiger partial charge < -0.3 is 5.32 Å². The van der Waals surface area contributed by atoms with Gasteiger partial charge in [-0.3, -0.25) is 4.90 Å². The van der Waals surface area contributed by atoms with Crippen molar-refractivity contribution >= 4 is 0 Å². The van der Waals surface area contributed by atoms with Crippen molar-refractivity contribution in [2.45, 2.75) is 77.4 Å². The van der Waals surface area contributed by atoms with Gasteiger partial charge in [-0.15, -0.1) is 0 Å². The molecule has 0 aromatic carbocycles. The van der Waals surface area contributed by atoms with Crippen LogP contribution in [0.15, 0.2) is 0 Å². The lowest BCUT2D eigenvalue weighted by Crippen LogP contribution is -2.60. The maximum atomic E-state index is 3.70. The monoisotopic (exact) mass is 238 g/mol. The van der Waals surface area contributed by atoms with Crippen LogP contribution in [0, 0.1) is 5.92 Å². The van der Waals surface area contributed by atoms with Gasteiger partial charge in [-0.1, -0.05) is 26.2 Å². The van der Waals surface area contributed by atoms with Crippen molar-refractivity contribution in [1.82, 2.24) is 10.2 Å². The molecule has 2 fully saturated rings.